The summed E-state index contributed by atoms with van der Waals surface area (Å²) < 4.78 is 35.5. The quantitative estimate of drug-likeness (QED) is 0.647. The van der Waals surface area contributed by atoms with Crippen molar-refractivity contribution in [3.63, 3.8) is 0 Å². The highest BCUT2D eigenvalue weighted by molar-refractivity contribution is 6.64. The third-order valence-electron chi connectivity index (χ3n) is 1.56. The maximum absolute atomic E-state index is 11.8. The summed E-state index contributed by atoms with van der Waals surface area (Å²) in [5.74, 6) is 0.280. The van der Waals surface area contributed by atoms with Crippen LogP contribution in [0, 0.1) is 6.92 Å². The lowest BCUT2D eigenvalue weighted by Crippen LogP contribution is -2.09. The van der Waals surface area contributed by atoms with Gasteiger partial charge in [-0.3, -0.25) is 4.98 Å². The summed E-state index contributed by atoms with van der Waals surface area (Å²) in [6.45, 7) is -3.13. The summed E-state index contributed by atoms with van der Waals surface area (Å²) in [4.78, 5) is 3.78. The summed E-state index contributed by atoms with van der Waals surface area (Å²) in [5.41, 5.74) is 1.29. The van der Waals surface area contributed by atoms with Crippen molar-refractivity contribution in [2.45, 2.75) is 6.92 Å². The van der Waals surface area contributed by atoms with Crippen LogP contribution in [0.1, 0.15) is 11.1 Å². The van der Waals surface area contributed by atoms with Crippen LogP contribution in [0.15, 0.2) is 24.4 Å². The van der Waals surface area contributed by atoms with E-state index in [2.05, 4.69) is 4.98 Å². The van der Waals surface area contributed by atoms with Gasteiger partial charge in [0.1, 0.15) is 0 Å². The number of rotatable bonds is 2. The van der Waals surface area contributed by atoms with Crippen molar-refractivity contribution in [3.8, 4) is 0 Å². The SMILES string of the molecule is Cc1cnccc1/C=C/[B-](F)(F)F. The Morgan fingerprint density at radius 1 is 1.38 bits per heavy atom. The Hall–Kier alpha value is -1.26. The molecule has 0 fully saturated rings. The van der Waals surface area contributed by atoms with E-state index in [0.29, 0.717) is 5.56 Å². The number of halogens is 3. The predicted molar refractivity (Wildman–Crippen MR) is 47.1 cm³/mol. The van der Waals surface area contributed by atoms with Gasteiger partial charge in [-0.15, -0.1) is 5.98 Å². The van der Waals surface area contributed by atoms with Crippen molar-refractivity contribution >= 4 is 13.1 Å². The molecule has 0 aliphatic rings. The lowest BCUT2D eigenvalue weighted by Gasteiger charge is -2.06. The van der Waals surface area contributed by atoms with Crippen molar-refractivity contribution in [1.29, 1.82) is 0 Å². The number of hydrogen-bond donors (Lipinski definition) is 0. The second-order valence-electron chi connectivity index (χ2n) is 2.72. The summed E-state index contributed by atoms with van der Waals surface area (Å²) in [6, 6.07) is 1.55. The number of aryl methyl sites for hydroxylation is 1. The molecule has 0 saturated heterocycles. The van der Waals surface area contributed by atoms with Gasteiger partial charge in [0.05, 0.1) is 0 Å². The van der Waals surface area contributed by atoms with Gasteiger partial charge < -0.3 is 12.9 Å². The molecule has 13 heavy (non-hydrogen) atoms. The fourth-order valence-electron chi connectivity index (χ4n) is 0.884. The van der Waals surface area contributed by atoms with Crippen LogP contribution >= 0.6 is 0 Å². The van der Waals surface area contributed by atoms with Crippen molar-refractivity contribution in [3.05, 3.63) is 35.6 Å². The molecule has 0 N–H and O–H groups in total. The Morgan fingerprint density at radius 2 is 2.08 bits per heavy atom. The smallest absolute Gasteiger partial charge is 0.445 e. The summed E-state index contributed by atoms with van der Waals surface area (Å²) in [5, 5.41) is 0. The minimum absolute atomic E-state index is 0.280. The van der Waals surface area contributed by atoms with E-state index in [1.807, 2.05) is 0 Å². The maximum atomic E-state index is 11.8. The Labute approximate surface area is 74.4 Å². The van der Waals surface area contributed by atoms with Gasteiger partial charge in [0.15, 0.2) is 0 Å². The van der Waals surface area contributed by atoms with Crippen molar-refractivity contribution in [1.82, 2.24) is 4.98 Å². The molecule has 1 aromatic heterocycles. The largest absolute Gasteiger partial charge is 0.502 e. The van der Waals surface area contributed by atoms with Gasteiger partial charge >= 0.3 is 6.98 Å². The molecule has 1 rings (SSSR count). The van der Waals surface area contributed by atoms with Crippen LogP contribution in [0.2, 0.25) is 0 Å². The van der Waals surface area contributed by atoms with Crippen molar-refractivity contribution in [2.24, 2.45) is 0 Å². The van der Waals surface area contributed by atoms with Crippen LogP contribution in [0.5, 0.6) is 0 Å². The Balaban J connectivity index is 2.86. The average molecular weight is 186 g/mol. The molecule has 0 amide bonds. The van der Waals surface area contributed by atoms with Gasteiger partial charge in [-0.2, -0.15) is 0 Å². The minimum atomic E-state index is -4.84. The monoisotopic (exact) mass is 186 g/mol. The van der Waals surface area contributed by atoms with Gasteiger partial charge in [-0.1, -0.05) is 6.08 Å². The van der Waals surface area contributed by atoms with Crippen LogP contribution in [0.3, 0.4) is 0 Å². The standard InChI is InChI=1S/C8H8BF3N/c1-7-6-13-5-3-8(7)2-4-9(10,11)12/h2-6H,1H3/q-1/b4-2+. The molecule has 5 heteroatoms. The Morgan fingerprint density at radius 3 is 2.62 bits per heavy atom. The molecule has 0 radical (unpaired) electrons. The molecule has 0 aliphatic carbocycles. The van der Waals surface area contributed by atoms with Crippen LogP contribution in [0.25, 0.3) is 6.08 Å². The average Bonchev–Trinajstić information content (AvgIpc) is 2.01. The van der Waals surface area contributed by atoms with Crippen LogP contribution in [0.4, 0.5) is 12.9 Å². The summed E-state index contributed by atoms with van der Waals surface area (Å²) in [6.07, 6.45) is 4.07. The number of aromatic nitrogens is 1. The van der Waals surface area contributed by atoms with E-state index in [-0.39, 0.29) is 5.98 Å². The predicted octanol–water partition coefficient (Wildman–Crippen LogP) is 2.79. The molecule has 70 valence electrons. The zero-order chi connectivity index (χ0) is 9.90. The topological polar surface area (TPSA) is 12.9 Å². The lowest BCUT2D eigenvalue weighted by molar-refractivity contribution is 0.499. The number of hydrogen-bond acceptors (Lipinski definition) is 1. The normalized spacial score (nSPS) is 12.3. The molecule has 1 nitrogen and oxygen atoms in total. The molecule has 0 unspecified atom stereocenters. The first-order valence-electron chi connectivity index (χ1n) is 3.79. The molecule has 0 atom stereocenters. The zero-order valence-electron chi connectivity index (χ0n) is 7.05. The fourth-order valence-corrected chi connectivity index (χ4v) is 0.884. The first-order chi connectivity index (χ1) is 5.99. The highest BCUT2D eigenvalue weighted by Crippen LogP contribution is 2.14. The first-order valence-corrected chi connectivity index (χ1v) is 3.79. The highest BCUT2D eigenvalue weighted by Gasteiger charge is 2.16. The van der Waals surface area contributed by atoms with Gasteiger partial charge in [0.2, 0.25) is 0 Å². The third-order valence-corrected chi connectivity index (χ3v) is 1.56. The van der Waals surface area contributed by atoms with E-state index in [0.717, 1.165) is 11.6 Å². The second-order valence-corrected chi connectivity index (χ2v) is 2.72. The van der Waals surface area contributed by atoms with Crippen LogP contribution in [-0.4, -0.2) is 12.0 Å². The van der Waals surface area contributed by atoms with Crippen molar-refractivity contribution < 1.29 is 12.9 Å². The third kappa shape index (κ3) is 3.31. The fraction of sp³-hybridized carbons (Fsp3) is 0.125. The lowest BCUT2D eigenvalue weighted by atomic mass is 9.90. The van der Waals surface area contributed by atoms with E-state index in [1.54, 1.807) is 13.0 Å². The van der Waals surface area contributed by atoms with E-state index < -0.39 is 6.98 Å². The summed E-state index contributed by atoms with van der Waals surface area (Å²) in [7, 11) is 0. The van der Waals surface area contributed by atoms with Gasteiger partial charge in [-0.05, 0) is 24.1 Å². The molecule has 0 bridgehead atoms. The van der Waals surface area contributed by atoms with E-state index in [9.17, 15) is 12.9 Å². The molecular formula is C8H8BF3N-. The molecule has 0 saturated carbocycles. The second kappa shape index (κ2) is 3.64. The van der Waals surface area contributed by atoms with E-state index in [1.165, 1.54) is 12.4 Å². The minimum Gasteiger partial charge on any atom is -0.445 e. The van der Waals surface area contributed by atoms with Gasteiger partial charge in [-0.25, -0.2) is 0 Å². The Bertz CT molecular complexity index is 319. The van der Waals surface area contributed by atoms with E-state index >= 15 is 0 Å². The number of nitrogens with zero attached hydrogens (tertiary/aromatic N) is 1. The molecule has 0 spiro atoms. The molecular weight excluding hydrogens is 178 g/mol. The molecule has 1 heterocycles. The first kappa shape index (κ1) is 9.83. The summed E-state index contributed by atoms with van der Waals surface area (Å²) >= 11 is 0. The van der Waals surface area contributed by atoms with Gasteiger partial charge in [0.25, 0.3) is 0 Å². The zero-order valence-corrected chi connectivity index (χ0v) is 7.05. The molecule has 0 aliphatic heterocycles. The Kier molecular flexibility index (Phi) is 2.75. The van der Waals surface area contributed by atoms with Crippen LogP contribution in [-0.2, 0) is 0 Å². The molecule has 0 aromatic carbocycles. The highest BCUT2D eigenvalue weighted by atomic mass is 19.4. The molecule has 1 aromatic rings. The number of pyridine rings is 1. The maximum Gasteiger partial charge on any atom is 0.502 e. The van der Waals surface area contributed by atoms with E-state index in [4.69, 9.17) is 0 Å². The van der Waals surface area contributed by atoms with Gasteiger partial charge in [0, 0.05) is 12.4 Å². The van der Waals surface area contributed by atoms with Crippen LogP contribution < -0.4 is 0 Å². The van der Waals surface area contributed by atoms with Crippen molar-refractivity contribution in [2.75, 3.05) is 0 Å².